The van der Waals surface area contributed by atoms with Crippen molar-refractivity contribution < 1.29 is 4.79 Å². The molecule has 4 aromatic rings. The minimum absolute atomic E-state index is 0.0402. The number of carbonyl (C=O) groups is 1. The highest BCUT2D eigenvalue weighted by atomic mass is 16.2. The molecule has 6 nitrogen and oxygen atoms in total. The van der Waals surface area contributed by atoms with Crippen molar-refractivity contribution >= 4 is 6.03 Å². The topological polar surface area (TPSA) is 55.1 Å². The van der Waals surface area contributed by atoms with Crippen molar-refractivity contribution in [2.75, 3.05) is 0 Å². The lowest BCUT2D eigenvalue weighted by Crippen LogP contribution is -2.44. The fraction of sp³-hybridized carbons (Fsp3) is 0.286. The van der Waals surface area contributed by atoms with Gasteiger partial charge in [-0.2, -0.15) is 5.10 Å². The van der Waals surface area contributed by atoms with Gasteiger partial charge in [-0.1, -0.05) is 55.0 Å². The smallest absolute Gasteiger partial charge is 0.318 e. The van der Waals surface area contributed by atoms with Crippen molar-refractivity contribution in [1.82, 2.24) is 24.6 Å². The van der Waals surface area contributed by atoms with Crippen LogP contribution >= 0.6 is 0 Å². The molecule has 1 atom stereocenters. The summed E-state index contributed by atoms with van der Waals surface area (Å²) in [7, 11) is 0. The van der Waals surface area contributed by atoms with Crippen LogP contribution in [0.3, 0.4) is 0 Å². The average molecular weight is 454 g/mol. The third-order valence-electron chi connectivity index (χ3n) is 6.37. The number of urea groups is 1. The SMILES string of the molecule is CCc1nn(-c2ccccc2)c2c1CN(C(=O)NC(C)C)C(c1ccc(C)cc1)c1cccn1-2. The summed E-state index contributed by atoms with van der Waals surface area (Å²) < 4.78 is 4.23. The van der Waals surface area contributed by atoms with E-state index < -0.39 is 0 Å². The summed E-state index contributed by atoms with van der Waals surface area (Å²) in [5.74, 6) is 1.00. The van der Waals surface area contributed by atoms with E-state index in [9.17, 15) is 4.79 Å². The molecule has 0 radical (unpaired) electrons. The summed E-state index contributed by atoms with van der Waals surface area (Å²) in [5, 5.41) is 8.13. The second-order valence-corrected chi connectivity index (χ2v) is 9.20. The number of carbonyl (C=O) groups excluding carboxylic acids is 1. The molecule has 0 saturated heterocycles. The van der Waals surface area contributed by atoms with Gasteiger partial charge in [0.15, 0.2) is 0 Å². The zero-order valence-electron chi connectivity index (χ0n) is 20.2. The van der Waals surface area contributed by atoms with E-state index in [1.807, 2.05) is 41.6 Å². The minimum atomic E-state index is -0.226. The van der Waals surface area contributed by atoms with E-state index in [0.717, 1.165) is 40.4 Å². The highest BCUT2D eigenvalue weighted by Crippen LogP contribution is 2.38. The molecule has 0 fully saturated rings. The van der Waals surface area contributed by atoms with Gasteiger partial charge in [0.25, 0.3) is 0 Å². The van der Waals surface area contributed by atoms with Gasteiger partial charge in [-0.15, -0.1) is 0 Å². The van der Waals surface area contributed by atoms with Crippen LogP contribution in [0.25, 0.3) is 11.5 Å². The van der Waals surface area contributed by atoms with E-state index in [1.165, 1.54) is 5.56 Å². The number of rotatable bonds is 4. The van der Waals surface area contributed by atoms with Crippen LogP contribution in [0.5, 0.6) is 0 Å². The first-order valence-corrected chi connectivity index (χ1v) is 12.0. The van der Waals surface area contributed by atoms with Crippen LogP contribution < -0.4 is 5.32 Å². The predicted molar refractivity (Wildman–Crippen MR) is 135 cm³/mol. The third kappa shape index (κ3) is 3.79. The number of fused-ring (bicyclic) bond motifs is 3. The van der Waals surface area contributed by atoms with Gasteiger partial charge < -0.3 is 14.8 Å². The Bertz CT molecular complexity index is 1300. The zero-order chi connectivity index (χ0) is 23.8. The maximum Gasteiger partial charge on any atom is 0.318 e. The highest BCUT2D eigenvalue weighted by molar-refractivity contribution is 5.76. The molecule has 6 heteroatoms. The molecule has 5 rings (SSSR count). The van der Waals surface area contributed by atoms with Crippen LogP contribution in [0, 0.1) is 6.92 Å². The summed E-state index contributed by atoms with van der Waals surface area (Å²) in [6.45, 7) is 8.67. The van der Waals surface area contributed by atoms with Gasteiger partial charge in [-0.05, 0) is 57.0 Å². The number of aryl methyl sites for hydroxylation is 2. The molecule has 1 unspecified atom stereocenters. The van der Waals surface area contributed by atoms with Crippen LogP contribution in [0.1, 0.15) is 54.9 Å². The zero-order valence-corrected chi connectivity index (χ0v) is 20.2. The van der Waals surface area contributed by atoms with Gasteiger partial charge in [-0.25, -0.2) is 9.48 Å². The van der Waals surface area contributed by atoms with Gasteiger partial charge in [0, 0.05) is 17.8 Å². The number of hydrogen-bond donors (Lipinski definition) is 1. The molecule has 1 aliphatic rings. The van der Waals surface area contributed by atoms with Gasteiger partial charge in [-0.3, -0.25) is 0 Å². The van der Waals surface area contributed by atoms with Crippen LogP contribution in [0.15, 0.2) is 72.9 Å². The number of aromatic nitrogens is 3. The second-order valence-electron chi connectivity index (χ2n) is 9.20. The van der Waals surface area contributed by atoms with Crippen molar-refractivity contribution in [3.8, 4) is 11.5 Å². The van der Waals surface area contributed by atoms with Crippen molar-refractivity contribution in [3.63, 3.8) is 0 Å². The maximum atomic E-state index is 13.6. The standard InChI is InChI=1S/C28H31N5O/c1-5-24-23-18-32(28(34)29-19(2)3)26(21-15-13-20(4)14-16-21)25-12-9-17-31(25)27(23)33(30-24)22-10-7-6-8-11-22/h6-17,19,26H,5,18H2,1-4H3,(H,29,34). The van der Waals surface area contributed by atoms with E-state index in [2.05, 4.69) is 78.5 Å². The molecule has 2 aromatic carbocycles. The summed E-state index contributed by atoms with van der Waals surface area (Å²) in [6.07, 6.45) is 2.87. The van der Waals surface area contributed by atoms with Gasteiger partial charge in [0.2, 0.25) is 0 Å². The van der Waals surface area contributed by atoms with Crippen molar-refractivity contribution in [2.45, 2.75) is 52.7 Å². The largest absolute Gasteiger partial charge is 0.336 e. The lowest BCUT2D eigenvalue weighted by Gasteiger charge is -2.31. The Kier molecular flexibility index (Phi) is 5.74. The fourth-order valence-electron chi connectivity index (χ4n) is 4.78. The van der Waals surface area contributed by atoms with Gasteiger partial charge in [0.1, 0.15) is 5.82 Å². The molecule has 0 bridgehead atoms. The number of benzene rings is 2. The molecule has 0 aliphatic carbocycles. The molecule has 1 aliphatic heterocycles. The van der Waals surface area contributed by atoms with Gasteiger partial charge >= 0.3 is 6.03 Å². The van der Waals surface area contributed by atoms with Crippen LogP contribution in [-0.4, -0.2) is 31.3 Å². The molecule has 0 saturated carbocycles. The van der Waals surface area contributed by atoms with Crippen molar-refractivity contribution in [1.29, 1.82) is 0 Å². The van der Waals surface area contributed by atoms with Crippen LogP contribution in [0.4, 0.5) is 4.79 Å². The molecular weight excluding hydrogens is 422 g/mol. The Morgan fingerprint density at radius 3 is 2.47 bits per heavy atom. The first kappa shape index (κ1) is 22.0. The molecule has 1 N–H and O–H groups in total. The van der Waals surface area contributed by atoms with Crippen molar-refractivity contribution in [3.05, 3.63) is 101 Å². The lowest BCUT2D eigenvalue weighted by atomic mass is 10.0. The predicted octanol–water partition coefficient (Wildman–Crippen LogP) is 5.56. The summed E-state index contributed by atoms with van der Waals surface area (Å²) >= 11 is 0. The van der Waals surface area contributed by atoms with Crippen molar-refractivity contribution in [2.24, 2.45) is 0 Å². The summed E-state index contributed by atoms with van der Waals surface area (Å²) in [5.41, 5.74) is 6.42. The molecule has 2 amide bonds. The average Bonchev–Trinajstić information content (AvgIpc) is 3.41. The van der Waals surface area contributed by atoms with Crippen LogP contribution in [-0.2, 0) is 13.0 Å². The Hall–Kier alpha value is -3.80. The molecule has 3 heterocycles. The first-order valence-electron chi connectivity index (χ1n) is 12.0. The quantitative estimate of drug-likeness (QED) is 0.440. The summed E-state index contributed by atoms with van der Waals surface area (Å²) in [6, 6.07) is 22.6. The Morgan fingerprint density at radius 2 is 1.79 bits per heavy atom. The van der Waals surface area contributed by atoms with E-state index >= 15 is 0 Å². The lowest BCUT2D eigenvalue weighted by molar-refractivity contribution is 0.178. The highest BCUT2D eigenvalue weighted by Gasteiger charge is 2.36. The number of amides is 2. The molecule has 34 heavy (non-hydrogen) atoms. The minimum Gasteiger partial charge on any atom is -0.336 e. The Morgan fingerprint density at radius 1 is 1.06 bits per heavy atom. The number of nitrogens with zero attached hydrogens (tertiary/aromatic N) is 4. The van der Waals surface area contributed by atoms with Crippen LogP contribution in [0.2, 0.25) is 0 Å². The number of para-hydroxylation sites is 1. The fourth-order valence-corrected chi connectivity index (χ4v) is 4.78. The van der Waals surface area contributed by atoms with E-state index in [0.29, 0.717) is 6.54 Å². The van der Waals surface area contributed by atoms with E-state index in [4.69, 9.17) is 5.10 Å². The number of nitrogens with one attached hydrogen (secondary N) is 1. The molecule has 174 valence electrons. The van der Waals surface area contributed by atoms with E-state index in [-0.39, 0.29) is 18.1 Å². The maximum absolute atomic E-state index is 13.6. The van der Waals surface area contributed by atoms with Gasteiger partial charge in [0.05, 0.1) is 29.7 Å². The monoisotopic (exact) mass is 453 g/mol. The first-order chi connectivity index (χ1) is 16.5. The van der Waals surface area contributed by atoms with E-state index in [1.54, 1.807) is 0 Å². The third-order valence-corrected chi connectivity index (χ3v) is 6.37. The Labute approximate surface area is 200 Å². The number of hydrogen-bond acceptors (Lipinski definition) is 2. The Balaban J connectivity index is 1.76. The normalized spacial score (nSPS) is 15.1. The molecule has 2 aromatic heterocycles. The second kappa shape index (κ2) is 8.86. The molecule has 0 spiro atoms. The molecular formula is C28H31N5O. The summed E-state index contributed by atoms with van der Waals surface area (Å²) in [4.78, 5) is 15.6.